The Bertz CT molecular complexity index is 1370. The average molecular weight is 871 g/mol. The Balaban J connectivity index is 1.73. The van der Waals surface area contributed by atoms with Gasteiger partial charge in [-0.3, -0.25) is 0 Å². The fourth-order valence-corrected chi connectivity index (χ4v) is 7.98. The third kappa shape index (κ3) is 25.4. The van der Waals surface area contributed by atoms with Gasteiger partial charge >= 0.3 is 5.97 Å². The molecule has 6 atom stereocenters. The van der Waals surface area contributed by atoms with Crippen molar-refractivity contribution < 1.29 is 52.2 Å². The molecule has 0 unspecified atom stereocenters. The lowest BCUT2D eigenvalue weighted by Gasteiger charge is -2.31. The van der Waals surface area contributed by atoms with Gasteiger partial charge in [0.15, 0.2) is 0 Å². The van der Waals surface area contributed by atoms with Crippen LogP contribution < -0.4 is 4.74 Å². The summed E-state index contributed by atoms with van der Waals surface area (Å²) in [5, 5.41) is 0. The molecule has 1 heterocycles. The Morgan fingerprint density at radius 2 is 1.02 bits per heavy atom. The minimum absolute atomic E-state index is 0.00790. The van der Waals surface area contributed by atoms with E-state index in [1.54, 1.807) is 28.4 Å². The first-order chi connectivity index (χ1) is 30.5. The minimum Gasteiger partial charge on any atom is -0.497 e. The van der Waals surface area contributed by atoms with E-state index in [2.05, 4.69) is 31.2 Å². The Kier molecular flexibility index (Phi) is 30.6. The number of ether oxygens (including phenoxy) is 10. The molecule has 0 radical (unpaired) electrons. The van der Waals surface area contributed by atoms with E-state index < -0.39 is 0 Å². The topological polar surface area (TPSA) is 109 Å². The molecule has 1 aliphatic heterocycles. The molecular weight excluding hydrogens is 789 g/mol. The average Bonchev–Trinajstić information content (AvgIpc) is 3.29. The number of methoxy groups -OCH3 is 4. The first-order valence-corrected chi connectivity index (χ1v) is 23.5. The Morgan fingerprint density at radius 1 is 0.548 bits per heavy atom. The van der Waals surface area contributed by atoms with Crippen molar-refractivity contribution in [1.29, 1.82) is 0 Å². The van der Waals surface area contributed by atoms with Crippen LogP contribution in [0.3, 0.4) is 0 Å². The maximum Gasteiger partial charge on any atom is 0.330 e. The molecular formula is C51H82O11. The van der Waals surface area contributed by atoms with Gasteiger partial charge in [-0.05, 0) is 36.1 Å². The van der Waals surface area contributed by atoms with Crippen LogP contribution in [0.2, 0.25) is 0 Å². The molecule has 0 bridgehead atoms. The highest BCUT2D eigenvalue weighted by Crippen LogP contribution is 2.27. The van der Waals surface area contributed by atoms with Crippen molar-refractivity contribution in [3.05, 3.63) is 77.9 Å². The number of cyclic esters (lactones) is 1. The Hall–Kier alpha value is -2.87. The van der Waals surface area contributed by atoms with Crippen LogP contribution >= 0.6 is 0 Å². The molecule has 0 saturated heterocycles. The maximum absolute atomic E-state index is 12.0. The van der Waals surface area contributed by atoms with E-state index in [-0.39, 0.29) is 63.0 Å². The summed E-state index contributed by atoms with van der Waals surface area (Å²) in [6, 6.07) is 18.4. The van der Waals surface area contributed by atoms with Crippen molar-refractivity contribution in [2.45, 2.75) is 185 Å². The quantitative estimate of drug-likeness (QED) is 0.0363. The summed E-state index contributed by atoms with van der Waals surface area (Å²) in [7, 11) is 6.51. The lowest BCUT2D eigenvalue weighted by Crippen LogP contribution is -2.35. The number of hydrogen-bond acceptors (Lipinski definition) is 11. The fraction of sp³-hybridized carbons (Fsp3) is 0.706. The molecule has 3 rings (SSSR count). The molecule has 0 aliphatic carbocycles. The molecule has 0 spiro atoms. The molecule has 1 aliphatic rings. The Labute approximate surface area is 374 Å². The summed E-state index contributed by atoms with van der Waals surface area (Å²) >= 11 is 0. The number of esters is 1. The van der Waals surface area contributed by atoms with E-state index in [1.807, 2.05) is 36.4 Å². The van der Waals surface area contributed by atoms with E-state index in [0.717, 1.165) is 29.7 Å². The van der Waals surface area contributed by atoms with Crippen LogP contribution in [0.25, 0.3) is 0 Å². The molecule has 0 aromatic heterocycles. The van der Waals surface area contributed by atoms with Crippen molar-refractivity contribution in [2.24, 2.45) is 0 Å². The SMILES string of the molecule is CCCCCCCCCCCCCCC[C@H](C[C@@H](C[C@@H](C[C@@H](C[C@@H](C[C@H]1CC=CC(=O)O1)OCOC)OCOC)OCOC)OCc1ccc(OC)cc1)OCc1ccccc1. The molecule has 2 aromatic carbocycles. The molecule has 0 N–H and O–H groups in total. The van der Waals surface area contributed by atoms with Crippen molar-refractivity contribution in [1.82, 2.24) is 0 Å². The van der Waals surface area contributed by atoms with Gasteiger partial charge in [0.2, 0.25) is 0 Å². The normalized spacial score (nSPS) is 16.5. The number of carbonyl (C=O) groups is 1. The van der Waals surface area contributed by atoms with Gasteiger partial charge in [-0.25, -0.2) is 4.79 Å². The first kappa shape index (κ1) is 53.5. The zero-order valence-electron chi connectivity index (χ0n) is 39.0. The van der Waals surface area contributed by atoms with Gasteiger partial charge < -0.3 is 47.4 Å². The van der Waals surface area contributed by atoms with Gasteiger partial charge in [-0.2, -0.15) is 0 Å². The van der Waals surface area contributed by atoms with Crippen molar-refractivity contribution in [3.63, 3.8) is 0 Å². The van der Waals surface area contributed by atoms with E-state index in [1.165, 1.54) is 83.1 Å². The number of rotatable bonds is 40. The lowest BCUT2D eigenvalue weighted by atomic mass is 9.95. The maximum atomic E-state index is 12.0. The summed E-state index contributed by atoms with van der Waals surface area (Å²) in [6.07, 6.45) is 23.4. The van der Waals surface area contributed by atoms with Crippen LogP contribution in [-0.4, -0.2) is 91.4 Å². The second kappa shape index (κ2) is 35.5. The Morgan fingerprint density at radius 3 is 1.55 bits per heavy atom. The van der Waals surface area contributed by atoms with Crippen LogP contribution in [0.5, 0.6) is 5.75 Å². The molecule has 0 amide bonds. The highest BCUT2D eigenvalue weighted by molar-refractivity contribution is 5.82. The van der Waals surface area contributed by atoms with E-state index in [0.29, 0.717) is 51.7 Å². The predicted octanol–water partition coefficient (Wildman–Crippen LogP) is 11.4. The van der Waals surface area contributed by atoms with Crippen LogP contribution in [0.1, 0.15) is 146 Å². The highest BCUT2D eigenvalue weighted by Gasteiger charge is 2.29. The number of benzene rings is 2. The standard InChI is InChI=1S/C51H82O11/c1-6-7-8-9-10-11-12-13-14-15-16-17-21-25-45(57-37-42-23-19-18-20-24-42)32-47(58-38-43-28-30-44(56-5)31-29-43)34-49(60-40-54-3)36-50(61-41-55-4)35-48(59-39-53-2)33-46-26-22-27-51(52)62-46/h18-20,22-24,27-31,45-50H,6-17,21,25-26,32-41H2,1-5H3/t45-,46-,47+,48-,49+,50-/m1/s1. The van der Waals surface area contributed by atoms with E-state index in [9.17, 15) is 4.79 Å². The third-order valence-corrected chi connectivity index (χ3v) is 11.4. The van der Waals surface area contributed by atoms with Crippen LogP contribution in [0.15, 0.2) is 66.7 Å². The van der Waals surface area contributed by atoms with Crippen molar-refractivity contribution >= 4 is 5.97 Å². The van der Waals surface area contributed by atoms with Crippen molar-refractivity contribution in [3.8, 4) is 5.75 Å². The van der Waals surface area contributed by atoms with Crippen LogP contribution in [0, 0.1) is 0 Å². The fourth-order valence-electron chi connectivity index (χ4n) is 7.98. The van der Waals surface area contributed by atoms with Gasteiger partial charge in [-0.1, -0.05) is 139 Å². The molecule has 2 aromatic rings. The van der Waals surface area contributed by atoms with E-state index in [4.69, 9.17) is 47.4 Å². The molecule has 0 saturated carbocycles. The van der Waals surface area contributed by atoms with Gasteiger partial charge in [0.1, 0.15) is 32.2 Å². The molecule has 11 nitrogen and oxygen atoms in total. The van der Waals surface area contributed by atoms with Crippen molar-refractivity contribution in [2.75, 3.05) is 48.8 Å². The highest BCUT2D eigenvalue weighted by atomic mass is 16.7. The molecule has 352 valence electrons. The number of carbonyl (C=O) groups excluding carboxylic acids is 1. The second-order valence-corrected chi connectivity index (χ2v) is 16.7. The summed E-state index contributed by atoms with van der Waals surface area (Å²) in [5.74, 6) is 0.464. The summed E-state index contributed by atoms with van der Waals surface area (Å²) in [6.45, 7) is 3.58. The largest absolute Gasteiger partial charge is 0.497 e. The number of unbranched alkanes of at least 4 members (excludes halogenated alkanes) is 12. The monoisotopic (exact) mass is 871 g/mol. The molecule has 62 heavy (non-hydrogen) atoms. The van der Waals surface area contributed by atoms with Gasteiger partial charge in [0.25, 0.3) is 0 Å². The number of hydrogen-bond donors (Lipinski definition) is 0. The smallest absolute Gasteiger partial charge is 0.330 e. The second-order valence-electron chi connectivity index (χ2n) is 16.7. The van der Waals surface area contributed by atoms with Gasteiger partial charge in [0.05, 0.1) is 50.8 Å². The molecule has 0 fully saturated rings. The lowest BCUT2D eigenvalue weighted by molar-refractivity contribution is -0.154. The zero-order chi connectivity index (χ0) is 44.3. The van der Waals surface area contributed by atoms with Crippen LogP contribution in [0.4, 0.5) is 0 Å². The van der Waals surface area contributed by atoms with Crippen LogP contribution in [-0.2, 0) is 60.6 Å². The summed E-state index contributed by atoms with van der Waals surface area (Å²) in [5.41, 5.74) is 2.21. The third-order valence-electron chi connectivity index (χ3n) is 11.4. The molecule has 11 heteroatoms. The predicted molar refractivity (Wildman–Crippen MR) is 244 cm³/mol. The minimum atomic E-state index is -0.340. The first-order valence-electron chi connectivity index (χ1n) is 23.5. The summed E-state index contributed by atoms with van der Waals surface area (Å²) < 4.78 is 59.5. The zero-order valence-corrected chi connectivity index (χ0v) is 39.0. The van der Waals surface area contributed by atoms with Gasteiger partial charge in [-0.15, -0.1) is 0 Å². The van der Waals surface area contributed by atoms with E-state index >= 15 is 0 Å². The summed E-state index contributed by atoms with van der Waals surface area (Å²) in [4.78, 5) is 12.0. The van der Waals surface area contributed by atoms with Gasteiger partial charge in [0, 0.05) is 59.5 Å².